The third-order valence-electron chi connectivity index (χ3n) is 4.69. The van der Waals surface area contributed by atoms with E-state index in [1.165, 1.54) is 40.0 Å². The summed E-state index contributed by atoms with van der Waals surface area (Å²) in [6, 6.07) is 5.56. The summed E-state index contributed by atoms with van der Waals surface area (Å²) >= 11 is 1.34. The zero-order valence-corrected chi connectivity index (χ0v) is 14.5. The minimum absolute atomic E-state index is 0.00928. The Bertz CT molecular complexity index is 974. The van der Waals surface area contributed by atoms with E-state index in [0.29, 0.717) is 42.3 Å². The number of anilines is 1. The van der Waals surface area contributed by atoms with Gasteiger partial charge >= 0.3 is 5.82 Å². The highest BCUT2D eigenvalue weighted by atomic mass is 32.1. The smallest absolute Gasteiger partial charge is 0.358 e. The monoisotopic (exact) mass is 374 g/mol. The van der Waals surface area contributed by atoms with Crippen molar-refractivity contribution < 1.29 is 14.1 Å². The van der Waals surface area contributed by atoms with E-state index in [1.54, 1.807) is 11.6 Å². The lowest BCUT2D eigenvalue weighted by Gasteiger charge is -2.31. The summed E-state index contributed by atoms with van der Waals surface area (Å²) in [5, 5.41) is 13.2. The zero-order valence-electron chi connectivity index (χ0n) is 13.7. The lowest BCUT2D eigenvalue weighted by atomic mass is 9.89. The Kier molecular flexibility index (Phi) is 4.15. The van der Waals surface area contributed by atoms with Crippen LogP contribution in [-0.4, -0.2) is 33.2 Å². The van der Waals surface area contributed by atoms with Gasteiger partial charge in [-0.15, -0.1) is 0 Å². The van der Waals surface area contributed by atoms with Crippen LogP contribution in [0.3, 0.4) is 0 Å². The summed E-state index contributed by atoms with van der Waals surface area (Å²) in [6.07, 6.45) is 2.80. The van der Waals surface area contributed by atoms with Crippen molar-refractivity contribution in [1.29, 1.82) is 0 Å². The number of carbonyl (C=O) groups excluding carboxylic acids is 1. The van der Waals surface area contributed by atoms with Crippen LogP contribution in [0.25, 0.3) is 4.96 Å². The molecule has 7 nitrogen and oxygen atoms in total. The molecule has 0 aliphatic carbocycles. The molecule has 0 N–H and O–H groups in total. The molecule has 134 valence electrons. The van der Waals surface area contributed by atoms with Crippen LogP contribution in [0, 0.1) is 21.8 Å². The molecule has 0 saturated carbocycles. The molecule has 1 aliphatic heterocycles. The van der Waals surface area contributed by atoms with Gasteiger partial charge in [0.15, 0.2) is 5.78 Å². The number of nitrogens with zero attached hydrogens (tertiary/aromatic N) is 4. The number of ketones is 1. The molecule has 0 radical (unpaired) electrons. The van der Waals surface area contributed by atoms with Gasteiger partial charge in [-0.1, -0.05) is 11.3 Å². The highest BCUT2D eigenvalue weighted by Gasteiger charge is 2.32. The molecular formula is C17H15FN4O3S. The molecule has 1 aromatic carbocycles. The van der Waals surface area contributed by atoms with Crippen molar-refractivity contribution in [1.82, 2.24) is 9.38 Å². The Morgan fingerprint density at radius 3 is 2.62 bits per heavy atom. The van der Waals surface area contributed by atoms with Crippen molar-refractivity contribution in [2.75, 3.05) is 18.0 Å². The first kappa shape index (κ1) is 16.6. The van der Waals surface area contributed by atoms with Crippen LogP contribution in [0.4, 0.5) is 16.0 Å². The Hall–Kier alpha value is -2.81. The largest absolute Gasteiger partial charge is 0.373 e. The van der Waals surface area contributed by atoms with Crippen LogP contribution in [0.2, 0.25) is 0 Å². The van der Waals surface area contributed by atoms with E-state index in [1.807, 2.05) is 4.90 Å². The maximum atomic E-state index is 13.0. The van der Waals surface area contributed by atoms with Gasteiger partial charge in [0.1, 0.15) is 12.0 Å². The van der Waals surface area contributed by atoms with Crippen molar-refractivity contribution in [2.24, 2.45) is 5.92 Å². The van der Waals surface area contributed by atoms with Crippen LogP contribution in [-0.2, 0) is 0 Å². The molecule has 0 amide bonds. The van der Waals surface area contributed by atoms with E-state index >= 15 is 0 Å². The van der Waals surface area contributed by atoms with Gasteiger partial charge in [-0.2, -0.15) is 9.38 Å². The number of rotatable bonds is 4. The number of hydrogen-bond acceptors (Lipinski definition) is 6. The second-order valence-electron chi connectivity index (χ2n) is 6.20. The summed E-state index contributed by atoms with van der Waals surface area (Å²) in [7, 11) is 0. The number of piperidine rings is 1. The number of Topliss-reactive ketones (excluding diaryl/α,β-unsaturated/α-hetero) is 1. The first-order valence-electron chi connectivity index (χ1n) is 8.19. The fourth-order valence-corrected chi connectivity index (χ4v) is 4.05. The van der Waals surface area contributed by atoms with Crippen molar-refractivity contribution in [3.63, 3.8) is 0 Å². The molecule has 26 heavy (non-hydrogen) atoms. The number of thiazole rings is 1. The van der Waals surface area contributed by atoms with E-state index in [4.69, 9.17) is 0 Å². The molecule has 0 spiro atoms. The molecule has 3 aromatic rings. The number of aromatic nitrogens is 2. The number of fused-ring (bicyclic) bond motifs is 1. The quantitative estimate of drug-likeness (QED) is 0.396. The van der Waals surface area contributed by atoms with Crippen LogP contribution in [0.1, 0.15) is 23.2 Å². The molecular weight excluding hydrogens is 359 g/mol. The number of benzene rings is 1. The standard InChI is InChI=1S/C17H15FN4O3S/c18-13-3-1-11(2-4-13)14(23)12-5-7-20(8-6-12)15-16(22(24)25)21-9-10-26-17(21)19-15/h1-4,9-10,12H,5-8H2. The Labute approximate surface area is 151 Å². The Morgan fingerprint density at radius 2 is 1.96 bits per heavy atom. The third kappa shape index (κ3) is 2.84. The summed E-state index contributed by atoms with van der Waals surface area (Å²) in [4.78, 5) is 30.4. The van der Waals surface area contributed by atoms with E-state index < -0.39 is 4.92 Å². The first-order valence-corrected chi connectivity index (χ1v) is 9.07. The zero-order chi connectivity index (χ0) is 18.3. The summed E-state index contributed by atoms with van der Waals surface area (Å²) < 4.78 is 14.5. The average molecular weight is 374 g/mol. The van der Waals surface area contributed by atoms with Crippen LogP contribution < -0.4 is 4.90 Å². The molecule has 0 bridgehead atoms. The van der Waals surface area contributed by atoms with Gasteiger partial charge in [-0.3, -0.25) is 4.79 Å². The minimum atomic E-state index is -0.419. The van der Waals surface area contributed by atoms with E-state index in [9.17, 15) is 19.3 Å². The molecule has 1 aliphatic rings. The van der Waals surface area contributed by atoms with Crippen molar-refractivity contribution >= 4 is 33.7 Å². The molecule has 1 fully saturated rings. The maximum Gasteiger partial charge on any atom is 0.373 e. The number of nitro groups is 1. The SMILES string of the molecule is O=C(c1ccc(F)cc1)C1CCN(c2nc3sccn3c2[N+](=O)[O-])CC1. The Balaban J connectivity index is 1.51. The number of hydrogen-bond donors (Lipinski definition) is 0. The van der Waals surface area contributed by atoms with Crippen LogP contribution in [0.15, 0.2) is 35.8 Å². The molecule has 1 saturated heterocycles. The normalized spacial score (nSPS) is 15.5. The predicted molar refractivity (Wildman–Crippen MR) is 95.4 cm³/mol. The number of carbonyl (C=O) groups is 1. The minimum Gasteiger partial charge on any atom is -0.358 e. The van der Waals surface area contributed by atoms with E-state index in [0.717, 1.165) is 0 Å². The van der Waals surface area contributed by atoms with Crippen molar-refractivity contribution in [3.05, 3.63) is 57.3 Å². The summed E-state index contributed by atoms with van der Waals surface area (Å²) in [6.45, 7) is 1.03. The molecule has 4 rings (SSSR count). The van der Waals surface area contributed by atoms with Crippen molar-refractivity contribution in [3.8, 4) is 0 Å². The highest BCUT2D eigenvalue weighted by molar-refractivity contribution is 7.15. The second-order valence-corrected chi connectivity index (χ2v) is 7.08. The maximum absolute atomic E-state index is 13.0. The molecule has 0 atom stereocenters. The van der Waals surface area contributed by atoms with Crippen LogP contribution >= 0.6 is 11.3 Å². The first-order chi connectivity index (χ1) is 12.5. The predicted octanol–water partition coefficient (Wildman–Crippen LogP) is 3.54. The fourth-order valence-electron chi connectivity index (χ4n) is 3.35. The summed E-state index contributed by atoms with van der Waals surface area (Å²) in [5.41, 5.74) is 0.498. The highest BCUT2D eigenvalue weighted by Crippen LogP contribution is 2.34. The van der Waals surface area contributed by atoms with Gasteiger partial charge < -0.3 is 15.0 Å². The van der Waals surface area contributed by atoms with Gasteiger partial charge in [-0.05, 0) is 42.0 Å². The van der Waals surface area contributed by atoms with Crippen molar-refractivity contribution in [2.45, 2.75) is 12.8 Å². The average Bonchev–Trinajstić information content (AvgIpc) is 3.22. The number of halogens is 1. The van der Waals surface area contributed by atoms with E-state index in [-0.39, 0.29) is 23.3 Å². The van der Waals surface area contributed by atoms with Gasteiger partial charge in [0.2, 0.25) is 5.82 Å². The van der Waals surface area contributed by atoms with Gasteiger partial charge in [0, 0.05) is 30.0 Å². The molecule has 0 unspecified atom stereocenters. The molecule has 3 heterocycles. The topological polar surface area (TPSA) is 80.8 Å². The lowest BCUT2D eigenvalue weighted by Crippen LogP contribution is -2.37. The van der Waals surface area contributed by atoms with E-state index in [2.05, 4.69) is 4.98 Å². The number of imidazole rings is 1. The van der Waals surface area contributed by atoms with Crippen LogP contribution in [0.5, 0.6) is 0 Å². The second kappa shape index (κ2) is 6.49. The summed E-state index contributed by atoms with van der Waals surface area (Å²) in [5.74, 6) is -0.230. The van der Waals surface area contributed by atoms with Gasteiger partial charge in [0.05, 0.1) is 0 Å². The fraction of sp³-hybridized carbons (Fsp3) is 0.294. The Morgan fingerprint density at radius 1 is 1.27 bits per heavy atom. The molecule has 9 heteroatoms. The van der Waals surface area contributed by atoms with Gasteiger partial charge in [-0.25, -0.2) is 4.39 Å². The molecule has 2 aromatic heterocycles. The third-order valence-corrected chi connectivity index (χ3v) is 5.44. The van der Waals surface area contributed by atoms with Gasteiger partial charge in [0.25, 0.3) is 4.96 Å². The lowest BCUT2D eigenvalue weighted by molar-refractivity contribution is -0.389.